The molecule has 0 aliphatic carbocycles. The van der Waals surface area contributed by atoms with Crippen LogP contribution in [0.5, 0.6) is 0 Å². The fourth-order valence-electron chi connectivity index (χ4n) is 1.54. The van der Waals surface area contributed by atoms with Gasteiger partial charge in [0.15, 0.2) is 0 Å². The van der Waals surface area contributed by atoms with E-state index >= 15 is 0 Å². The van der Waals surface area contributed by atoms with Gasteiger partial charge in [0.25, 0.3) is 0 Å². The fraction of sp³-hybridized carbons (Fsp3) is 0.364. The van der Waals surface area contributed by atoms with Gasteiger partial charge in [-0.3, -0.25) is 4.98 Å². The maximum Gasteiger partial charge on any atom is 0.127 e. The van der Waals surface area contributed by atoms with Gasteiger partial charge in [-0.1, -0.05) is 30.4 Å². The highest BCUT2D eigenvalue weighted by Crippen LogP contribution is 2.06. The van der Waals surface area contributed by atoms with Crippen molar-refractivity contribution >= 4 is 13.4 Å². The zero-order valence-electron chi connectivity index (χ0n) is 8.83. The minimum Gasteiger partial charge on any atom is -0.266 e. The molecule has 0 unspecified atom stereocenters. The summed E-state index contributed by atoms with van der Waals surface area (Å²) in [6.07, 6.45) is 1.88. The Kier molecular flexibility index (Phi) is 3.04. The lowest BCUT2D eigenvalue weighted by molar-refractivity contribution is 1.35. The Morgan fingerprint density at radius 3 is 2.46 bits per heavy atom. The molecule has 2 heteroatoms. The van der Waals surface area contributed by atoms with E-state index in [0.717, 1.165) is 0 Å². The number of hydrogen-bond donors (Lipinski definition) is 0. The molecule has 0 N–H and O–H groups in total. The normalized spacial score (nSPS) is 11.1. The lowest BCUT2D eigenvalue weighted by atomic mass is 10.4. The van der Waals surface area contributed by atoms with Gasteiger partial charge in [0, 0.05) is 11.5 Å². The van der Waals surface area contributed by atoms with Gasteiger partial charge in [0.2, 0.25) is 0 Å². The van der Waals surface area contributed by atoms with Crippen LogP contribution >= 0.6 is 0 Å². The standard InChI is InChI=1S/C11H17NSi/c1-10(2)9-13(3,4)11-7-5-6-8-12-11/h5-9H,1-4H3. The third-order valence-electron chi connectivity index (χ3n) is 1.97. The number of aromatic nitrogens is 1. The van der Waals surface area contributed by atoms with E-state index in [1.165, 1.54) is 10.9 Å². The van der Waals surface area contributed by atoms with E-state index in [2.05, 4.69) is 49.8 Å². The molecule has 0 saturated carbocycles. The summed E-state index contributed by atoms with van der Waals surface area (Å²) in [5, 5.41) is 1.26. The number of rotatable bonds is 2. The molecule has 0 aliphatic heterocycles. The first-order valence-electron chi connectivity index (χ1n) is 4.60. The van der Waals surface area contributed by atoms with Gasteiger partial charge in [-0.15, -0.1) is 0 Å². The van der Waals surface area contributed by atoms with Crippen molar-refractivity contribution in [1.29, 1.82) is 0 Å². The lowest BCUT2D eigenvalue weighted by Gasteiger charge is -2.17. The van der Waals surface area contributed by atoms with Crippen molar-refractivity contribution in [2.45, 2.75) is 26.9 Å². The molecule has 70 valence electrons. The molecule has 0 fully saturated rings. The van der Waals surface area contributed by atoms with E-state index in [9.17, 15) is 0 Å². The monoisotopic (exact) mass is 191 g/mol. The maximum absolute atomic E-state index is 4.42. The summed E-state index contributed by atoms with van der Waals surface area (Å²) in [5.41, 5.74) is 3.78. The van der Waals surface area contributed by atoms with Gasteiger partial charge in [0.1, 0.15) is 8.07 Å². The Morgan fingerprint density at radius 2 is 2.00 bits per heavy atom. The van der Waals surface area contributed by atoms with Crippen LogP contribution < -0.4 is 5.32 Å². The minimum atomic E-state index is -1.42. The van der Waals surface area contributed by atoms with Crippen molar-refractivity contribution in [2.24, 2.45) is 0 Å². The Bertz CT molecular complexity index is 297. The van der Waals surface area contributed by atoms with Gasteiger partial charge in [-0.2, -0.15) is 0 Å². The molecule has 0 saturated heterocycles. The Hall–Kier alpha value is -0.893. The highest BCUT2D eigenvalue weighted by Gasteiger charge is 2.21. The van der Waals surface area contributed by atoms with E-state index in [-0.39, 0.29) is 0 Å². The topological polar surface area (TPSA) is 12.9 Å². The number of nitrogens with zero attached hydrogens (tertiary/aromatic N) is 1. The molecule has 1 nitrogen and oxygen atoms in total. The lowest BCUT2D eigenvalue weighted by Crippen LogP contribution is -2.41. The maximum atomic E-state index is 4.42. The van der Waals surface area contributed by atoms with Crippen LogP contribution in [0.1, 0.15) is 13.8 Å². The second-order valence-electron chi connectivity index (χ2n) is 4.16. The van der Waals surface area contributed by atoms with E-state index in [1.54, 1.807) is 0 Å². The molecular formula is C11H17NSi. The average Bonchev–Trinajstić information content (AvgIpc) is 2.04. The molecular weight excluding hydrogens is 174 g/mol. The summed E-state index contributed by atoms with van der Waals surface area (Å²) < 4.78 is 0. The fourth-order valence-corrected chi connectivity index (χ4v) is 4.06. The summed E-state index contributed by atoms with van der Waals surface area (Å²) in [6.45, 7) is 8.94. The quantitative estimate of drug-likeness (QED) is 0.655. The zero-order valence-corrected chi connectivity index (χ0v) is 9.83. The van der Waals surface area contributed by atoms with Crippen LogP contribution in [0.3, 0.4) is 0 Å². The number of allylic oxidation sites excluding steroid dienone is 1. The van der Waals surface area contributed by atoms with E-state index in [1.807, 2.05) is 12.3 Å². The van der Waals surface area contributed by atoms with Gasteiger partial charge < -0.3 is 0 Å². The molecule has 1 aromatic heterocycles. The summed E-state index contributed by atoms with van der Waals surface area (Å²) in [4.78, 5) is 4.42. The van der Waals surface area contributed by atoms with Crippen LogP contribution in [-0.4, -0.2) is 13.1 Å². The first-order valence-corrected chi connectivity index (χ1v) is 7.68. The second kappa shape index (κ2) is 3.88. The van der Waals surface area contributed by atoms with E-state index in [4.69, 9.17) is 0 Å². The average molecular weight is 191 g/mol. The zero-order chi connectivity index (χ0) is 9.90. The summed E-state index contributed by atoms with van der Waals surface area (Å²) in [6, 6.07) is 6.16. The van der Waals surface area contributed by atoms with Crippen molar-refractivity contribution < 1.29 is 0 Å². The minimum absolute atomic E-state index is 1.26. The predicted octanol–water partition coefficient (Wildman–Crippen LogP) is 2.50. The molecule has 1 aromatic rings. The van der Waals surface area contributed by atoms with Crippen LogP contribution in [0.2, 0.25) is 13.1 Å². The van der Waals surface area contributed by atoms with Crippen molar-refractivity contribution in [1.82, 2.24) is 4.98 Å². The van der Waals surface area contributed by atoms with E-state index in [0.29, 0.717) is 0 Å². The van der Waals surface area contributed by atoms with Crippen LogP contribution in [0.25, 0.3) is 0 Å². The molecule has 0 bridgehead atoms. The largest absolute Gasteiger partial charge is 0.266 e. The third kappa shape index (κ3) is 2.81. The number of hydrogen-bond acceptors (Lipinski definition) is 1. The van der Waals surface area contributed by atoms with E-state index < -0.39 is 8.07 Å². The molecule has 0 aromatic carbocycles. The first-order chi connectivity index (χ1) is 6.02. The molecule has 13 heavy (non-hydrogen) atoms. The van der Waals surface area contributed by atoms with Crippen LogP contribution in [-0.2, 0) is 0 Å². The predicted molar refractivity (Wildman–Crippen MR) is 60.8 cm³/mol. The number of pyridine rings is 1. The Labute approximate surface area is 81.5 Å². The summed E-state index contributed by atoms with van der Waals surface area (Å²) in [7, 11) is -1.42. The van der Waals surface area contributed by atoms with Gasteiger partial charge >= 0.3 is 0 Å². The highest BCUT2D eigenvalue weighted by atomic mass is 28.3. The third-order valence-corrected chi connectivity index (χ3v) is 4.89. The van der Waals surface area contributed by atoms with Gasteiger partial charge in [-0.25, -0.2) is 0 Å². The van der Waals surface area contributed by atoms with Crippen molar-refractivity contribution in [3.8, 4) is 0 Å². The van der Waals surface area contributed by atoms with Crippen LogP contribution in [0, 0.1) is 0 Å². The molecule has 0 aliphatic rings. The molecule has 0 amide bonds. The smallest absolute Gasteiger partial charge is 0.127 e. The van der Waals surface area contributed by atoms with Crippen LogP contribution in [0.4, 0.5) is 0 Å². The van der Waals surface area contributed by atoms with Crippen molar-refractivity contribution in [2.75, 3.05) is 0 Å². The molecule has 0 atom stereocenters. The first kappa shape index (κ1) is 10.2. The van der Waals surface area contributed by atoms with Gasteiger partial charge in [-0.05, 0) is 26.0 Å². The molecule has 1 heterocycles. The molecule has 1 rings (SSSR count). The Balaban J connectivity index is 3.01. The second-order valence-corrected chi connectivity index (χ2v) is 8.40. The highest BCUT2D eigenvalue weighted by molar-refractivity contribution is 6.93. The molecule has 0 radical (unpaired) electrons. The summed E-state index contributed by atoms with van der Waals surface area (Å²) >= 11 is 0. The van der Waals surface area contributed by atoms with Crippen LogP contribution in [0.15, 0.2) is 35.7 Å². The SMILES string of the molecule is CC(C)=C[Si](C)(C)c1ccccn1. The van der Waals surface area contributed by atoms with Gasteiger partial charge in [0.05, 0.1) is 0 Å². The van der Waals surface area contributed by atoms with Crippen molar-refractivity contribution in [3.63, 3.8) is 0 Å². The van der Waals surface area contributed by atoms with Crippen molar-refractivity contribution in [3.05, 3.63) is 35.7 Å². The molecule has 0 spiro atoms. The Morgan fingerprint density at radius 1 is 1.31 bits per heavy atom. The summed E-state index contributed by atoms with van der Waals surface area (Å²) in [5.74, 6) is 0.